The molecule has 0 fully saturated rings. The summed E-state index contributed by atoms with van der Waals surface area (Å²) in [6.07, 6.45) is 8.45. The van der Waals surface area contributed by atoms with E-state index in [-0.39, 0.29) is 33.5 Å². The first-order valence-electron chi connectivity index (χ1n) is 10.1. The Labute approximate surface area is 192 Å². The Kier molecular flexibility index (Phi) is 7.22. The zero-order valence-electron chi connectivity index (χ0n) is 18.6. The summed E-state index contributed by atoms with van der Waals surface area (Å²) in [5, 5.41) is 11.8. The summed E-state index contributed by atoms with van der Waals surface area (Å²) in [6.45, 7) is 16.0. The van der Waals surface area contributed by atoms with Crippen molar-refractivity contribution in [2.45, 2.75) is 58.2 Å². The summed E-state index contributed by atoms with van der Waals surface area (Å²) >= 11 is 0. The van der Waals surface area contributed by atoms with Crippen LogP contribution in [0.1, 0.15) is 47.1 Å². The van der Waals surface area contributed by atoms with Crippen LogP contribution in [0, 0.1) is 0 Å². The van der Waals surface area contributed by atoms with E-state index in [1.807, 2.05) is 30.3 Å². The quantitative estimate of drug-likeness (QED) is 0.636. The van der Waals surface area contributed by atoms with E-state index in [0.29, 0.717) is 13.1 Å². The van der Waals surface area contributed by atoms with Crippen molar-refractivity contribution in [1.82, 2.24) is 19.6 Å². The number of aliphatic hydroxyl groups is 1. The molecule has 0 saturated carbocycles. The van der Waals surface area contributed by atoms with Gasteiger partial charge in [-0.05, 0) is 47.1 Å². The number of β-amino-alcohol motifs (C(OH)–C–C–N with tert-alkyl or cyclic N) is 1. The third-order valence-corrected chi connectivity index (χ3v) is 5.55. The van der Waals surface area contributed by atoms with Crippen molar-refractivity contribution < 1.29 is 27.5 Å². The minimum atomic E-state index is -0.961. The average Bonchev–Trinajstić information content (AvgIpc) is 3.24. The summed E-state index contributed by atoms with van der Waals surface area (Å²) < 4.78 is 0. The fourth-order valence-electron chi connectivity index (χ4n) is 3.66. The Hall–Kier alpha value is -1.40. The molecule has 0 saturated heterocycles. The predicted octanol–water partition coefficient (Wildman–Crippen LogP) is 3.56. The van der Waals surface area contributed by atoms with E-state index in [0.717, 1.165) is 18.9 Å². The second-order valence-electron chi connectivity index (χ2n) is 10.1. The molecule has 3 rings (SSSR count). The van der Waals surface area contributed by atoms with Crippen LogP contribution in [0.2, 0.25) is 0 Å². The molecule has 1 aromatic carbocycles. The molecule has 5 nitrogen and oxygen atoms in total. The van der Waals surface area contributed by atoms with Gasteiger partial charge < -0.3 is 24.7 Å². The summed E-state index contributed by atoms with van der Waals surface area (Å²) in [5.74, 6) is 0. The molecule has 165 valence electrons. The van der Waals surface area contributed by atoms with E-state index in [4.69, 9.17) is 0 Å². The van der Waals surface area contributed by atoms with Crippen LogP contribution in [-0.2, 0) is 28.0 Å². The molecule has 2 aliphatic heterocycles. The van der Waals surface area contributed by atoms with Gasteiger partial charge in [-0.2, -0.15) is 0 Å². The van der Waals surface area contributed by atoms with Crippen molar-refractivity contribution in [3.63, 3.8) is 0 Å². The van der Waals surface area contributed by atoms with Gasteiger partial charge in [-0.3, -0.25) is 0 Å². The van der Waals surface area contributed by atoms with Gasteiger partial charge in [-0.25, -0.2) is 0 Å². The van der Waals surface area contributed by atoms with Gasteiger partial charge in [-0.15, -0.1) is 0 Å². The molecule has 1 radical (unpaired) electrons. The van der Waals surface area contributed by atoms with E-state index in [1.165, 1.54) is 0 Å². The SMILES string of the molecule is CC(C)(C)N1C=CN(CC(O)(CN2C=CN(C(C)(C)C)C2)c2ccccc2)C1.[Ag]. The topological polar surface area (TPSA) is 33.2 Å². The molecule has 0 unspecified atom stereocenters. The standard InChI is InChI=1S/C23H36N4O.Ag/c1-21(2,3)26-14-12-24(18-26)16-23(28,20-10-8-7-9-11-20)17-25-13-15-27(19-25)22(4,5)6;/h7-15,28H,16-19H2,1-6H3;. The summed E-state index contributed by atoms with van der Waals surface area (Å²) in [5.41, 5.74) is 0.139. The first-order chi connectivity index (χ1) is 13.0. The van der Waals surface area contributed by atoms with Crippen LogP contribution in [0.5, 0.6) is 0 Å². The number of rotatable bonds is 5. The Morgan fingerprint density at radius 3 is 1.48 bits per heavy atom. The van der Waals surface area contributed by atoms with Crippen LogP contribution in [-0.4, -0.2) is 62.2 Å². The van der Waals surface area contributed by atoms with Crippen molar-refractivity contribution in [1.29, 1.82) is 0 Å². The van der Waals surface area contributed by atoms with Crippen molar-refractivity contribution in [2.75, 3.05) is 26.4 Å². The van der Waals surface area contributed by atoms with E-state index in [9.17, 15) is 5.11 Å². The van der Waals surface area contributed by atoms with Crippen LogP contribution in [0.15, 0.2) is 55.1 Å². The summed E-state index contributed by atoms with van der Waals surface area (Å²) in [4.78, 5) is 9.02. The first-order valence-corrected chi connectivity index (χ1v) is 10.1. The van der Waals surface area contributed by atoms with Crippen LogP contribution in [0.4, 0.5) is 0 Å². The smallest absolute Gasteiger partial charge is 0.124 e. The molecule has 0 spiro atoms. The molecule has 1 N–H and O–H groups in total. The van der Waals surface area contributed by atoms with Gasteiger partial charge in [0.25, 0.3) is 0 Å². The van der Waals surface area contributed by atoms with E-state index in [2.05, 4.69) is 85.9 Å². The minimum Gasteiger partial charge on any atom is -0.381 e. The predicted molar refractivity (Wildman–Crippen MR) is 115 cm³/mol. The number of hydrogen-bond donors (Lipinski definition) is 1. The first kappa shape index (κ1) is 23.9. The van der Waals surface area contributed by atoms with Gasteiger partial charge in [0.1, 0.15) is 5.60 Å². The van der Waals surface area contributed by atoms with Crippen molar-refractivity contribution in [3.8, 4) is 0 Å². The van der Waals surface area contributed by atoms with Gasteiger partial charge in [0, 0.05) is 58.3 Å². The second kappa shape index (κ2) is 8.76. The van der Waals surface area contributed by atoms with Crippen molar-refractivity contribution >= 4 is 0 Å². The molecule has 6 heteroatoms. The Morgan fingerprint density at radius 2 is 1.14 bits per heavy atom. The second-order valence-corrected chi connectivity index (χ2v) is 10.1. The average molecular weight is 492 g/mol. The number of nitrogens with zero attached hydrogens (tertiary/aromatic N) is 4. The normalized spacial score (nSPS) is 17.3. The van der Waals surface area contributed by atoms with E-state index < -0.39 is 5.60 Å². The molecule has 1 aromatic rings. The van der Waals surface area contributed by atoms with E-state index >= 15 is 0 Å². The van der Waals surface area contributed by atoms with Gasteiger partial charge >= 0.3 is 0 Å². The fraction of sp³-hybridized carbons (Fsp3) is 0.565. The third kappa shape index (κ3) is 5.82. The molecule has 2 heterocycles. The molecule has 2 aliphatic rings. The largest absolute Gasteiger partial charge is 0.381 e. The molecule has 0 aromatic heterocycles. The zero-order valence-corrected chi connectivity index (χ0v) is 20.0. The molecular formula is C23H36AgN4O. The maximum absolute atomic E-state index is 11.8. The van der Waals surface area contributed by atoms with Crippen LogP contribution >= 0.6 is 0 Å². The molecule has 29 heavy (non-hydrogen) atoms. The van der Waals surface area contributed by atoms with Crippen LogP contribution in [0.25, 0.3) is 0 Å². The van der Waals surface area contributed by atoms with Gasteiger partial charge in [-0.1, -0.05) is 30.3 Å². The molecular weight excluding hydrogens is 456 g/mol. The maximum Gasteiger partial charge on any atom is 0.124 e. The molecule has 0 amide bonds. The molecule has 0 atom stereocenters. The zero-order chi connectivity index (χ0) is 20.6. The van der Waals surface area contributed by atoms with Gasteiger partial charge in [0.2, 0.25) is 0 Å². The Bertz CT molecular complexity index is 681. The summed E-state index contributed by atoms with van der Waals surface area (Å²) in [7, 11) is 0. The minimum absolute atomic E-state index is 0. The maximum atomic E-state index is 11.8. The van der Waals surface area contributed by atoms with E-state index in [1.54, 1.807) is 0 Å². The van der Waals surface area contributed by atoms with Crippen molar-refractivity contribution in [2.24, 2.45) is 0 Å². The van der Waals surface area contributed by atoms with Crippen LogP contribution in [0.3, 0.4) is 0 Å². The van der Waals surface area contributed by atoms with Crippen LogP contribution < -0.4 is 0 Å². The number of hydrogen-bond acceptors (Lipinski definition) is 5. The fourth-order valence-corrected chi connectivity index (χ4v) is 3.66. The monoisotopic (exact) mass is 491 g/mol. The Balaban J connectivity index is 0.00000300. The molecule has 0 aliphatic carbocycles. The van der Waals surface area contributed by atoms with Gasteiger partial charge in [0.15, 0.2) is 0 Å². The summed E-state index contributed by atoms with van der Waals surface area (Å²) in [6, 6.07) is 10.1. The molecule has 0 bridgehead atoms. The van der Waals surface area contributed by atoms with Gasteiger partial charge in [0.05, 0.1) is 26.4 Å². The van der Waals surface area contributed by atoms with Crippen molar-refractivity contribution in [3.05, 3.63) is 60.7 Å². The third-order valence-electron chi connectivity index (χ3n) is 5.55. The number of benzene rings is 1. The Morgan fingerprint density at radius 1 is 0.724 bits per heavy atom.